The predicted molar refractivity (Wildman–Crippen MR) is 99.4 cm³/mol. The van der Waals surface area contributed by atoms with Crippen LogP contribution in [0.3, 0.4) is 0 Å². The van der Waals surface area contributed by atoms with Gasteiger partial charge in [0.2, 0.25) is 15.9 Å². The minimum Gasteiger partial charge on any atom is -0.375 e. The first-order valence-corrected chi connectivity index (χ1v) is 10.2. The molecule has 0 aliphatic heterocycles. The second-order valence-electron chi connectivity index (χ2n) is 5.51. The molecule has 2 rings (SSSR count). The maximum Gasteiger partial charge on any atom is 0.240 e. The highest BCUT2D eigenvalue weighted by Crippen LogP contribution is 2.22. The number of carbonyl (C=O) groups excluding carboxylic acids is 1. The number of hydrogen-bond donors (Lipinski definition) is 2. The molecular formula is C17H22N2O4S2. The maximum absolute atomic E-state index is 12.6. The van der Waals surface area contributed by atoms with Crippen LogP contribution in [0.15, 0.2) is 39.9 Å². The Hall–Kier alpha value is -1.74. The highest BCUT2D eigenvalue weighted by molar-refractivity contribution is 7.89. The SMILES string of the molecule is CCC(=O)Nc1ccc(S(=O)(=O)NCC(OC)c2ccsc2)c(C)c1. The van der Waals surface area contributed by atoms with E-state index in [1.54, 1.807) is 33.1 Å². The number of nitrogens with one attached hydrogen (secondary N) is 2. The van der Waals surface area contributed by atoms with Gasteiger partial charge in [-0.25, -0.2) is 13.1 Å². The number of amides is 1. The van der Waals surface area contributed by atoms with E-state index in [-0.39, 0.29) is 23.5 Å². The number of aryl methyl sites for hydroxylation is 1. The lowest BCUT2D eigenvalue weighted by Gasteiger charge is -2.16. The van der Waals surface area contributed by atoms with E-state index in [0.717, 1.165) is 5.56 Å². The summed E-state index contributed by atoms with van der Waals surface area (Å²) in [5.41, 5.74) is 2.08. The van der Waals surface area contributed by atoms with Crippen molar-refractivity contribution in [3.8, 4) is 0 Å². The number of anilines is 1. The highest BCUT2D eigenvalue weighted by Gasteiger charge is 2.20. The van der Waals surface area contributed by atoms with Gasteiger partial charge in [-0.15, -0.1) is 0 Å². The molecule has 0 radical (unpaired) electrons. The number of thiophene rings is 1. The van der Waals surface area contributed by atoms with Crippen LogP contribution in [-0.2, 0) is 19.6 Å². The summed E-state index contributed by atoms with van der Waals surface area (Å²) in [7, 11) is -2.13. The van der Waals surface area contributed by atoms with Crippen LogP contribution in [0.4, 0.5) is 5.69 Å². The van der Waals surface area contributed by atoms with Crippen LogP contribution in [0.5, 0.6) is 0 Å². The average Bonchev–Trinajstić information content (AvgIpc) is 3.09. The van der Waals surface area contributed by atoms with Crippen molar-refractivity contribution in [1.29, 1.82) is 0 Å². The Morgan fingerprint density at radius 2 is 2.08 bits per heavy atom. The van der Waals surface area contributed by atoms with Crippen molar-refractivity contribution in [2.45, 2.75) is 31.3 Å². The number of carbonyl (C=O) groups is 1. The fourth-order valence-electron chi connectivity index (χ4n) is 2.34. The fraction of sp³-hybridized carbons (Fsp3) is 0.353. The molecule has 2 N–H and O–H groups in total. The molecule has 0 saturated carbocycles. The summed E-state index contributed by atoms with van der Waals surface area (Å²) in [5.74, 6) is -0.119. The Balaban J connectivity index is 2.12. The monoisotopic (exact) mass is 382 g/mol. The summed E-state index contributed by atoms with van der Waals surface area (Å²) in [6, 6.07) is 6.63. The summed E-state index contributed by atoms with van der Waals surface area (Å²) < 4.78 is 33.1. The molecule has 1 aromatic heterocycles. The quantitative estimate of drug-likeness (QED) is 0.735. The van der Waals surface area contributed by atoms with E-state index in [4.69, 9.17) is 4.74 Å². The van der Waals surface area contributed by atoms with E-state index in [9.17, 15) is 13.2 Å². The summed E-state index contributed by atoms with van der Waals surface area (Å²) in [5, 5.41) is 6.57. The predicted octanol–water partition coefficient (Wildman–Crippen LogP) is 3.07. The van der Waals surface area contributed by atoms with Gasteiger partial charge in [0.1, 0.15) is 0 Å². The van der Waals surface area contributed by atoms with E-state index in [0.29, 0.717) is 17.7 Å². The molecule has 2 aromatic rings. The summed E-state index contributed by atoms with van der Waals surface area (Å²) >= 11 is 1.53. The first-order valence-electron chi connectivity index (χ1n) is 7.82. The van der Waals surface area contributed by atoms with Crippen LogP contribution in [0.25, 0.3) is 0 Å². The van der Waals surface area contributed by atoms with E-state index in [1.165, 1.54) is 17.4 Å². The minimum absolute atomic E-state index is 0.119. The van der Waals surface area contributed by atoms with Crippen molar-refractivity contribution in [1.82, 2.24) is 4.72 Å². The normalized spacial score (nSPS) is 12.8. The molecule has 136 valence electrons. The van der Waals surface area contributed by atoms with Crippen LogP contribution in [-0.4, -0.2) is 28.0 Å². The third kappa shape index (κ3) is 5.12. The Labute approximate surface area is 152 Å². The number of ether oxygens (including phenoxy) is 1. The molecule has 0 aliphatic rings. The van der Waals surface area contributed by atoms with Gasteiger partial charge in [0.05, 0.1) is 11.0 Å². The van der Waals surface area contributed by atoms with Gasteiger partial charge >= 0.3 is 0 Å². The van der Waals surface area contributed by atoms with Gasteiger partial charge in [0, 0.05) is 25.8 Å². The molecule has 1 heterocycles. The van der Waals surface area contributed by atoms with Gasteiger partial charge in [0.25, 0.3) is 0 Å². The van der Waals surface area contributed by atoms with E-state index < -0.39 is 10.0 Å². The van der Waals surface area contributed by atoms with Crippen LogP contribution in [0.1, 0.15) is 30.6 Å². The lowest BCUT2D eigenvalue weighted by atomic mass is 10.2. The largest absolute Gasteiger partial charge is 0.375 e. The molecular weight excluding hydrogens is 360 g/mol. The zero-order valence-electron chi connectivity index (χ0n) is 14.4. The van der Waals surface area contributed by atoms with Crippen molar-refractivity contribution >= 4 is 33.0 Å². The van der Waals surface area contributed by atoms with Gasteiger partial charge in [-0.2, -0.15) is 11.3 Å². The van der Waals surface area contributed by atoms with Crippen molar-refractivity contribution in [2.24, 2.45) is 0 Å². The van der Waals surface area contributed by atoms with Gasteiger partial charge in [-0.05, 0) is 53.1 Å². The van der Waals surface area contributed by atoms with Gasteiger partial charge < -0.3 is 10.1 Å². The molecule has 8 heteroatoms. The molecule has 6 nitrogen and oxygen atoms in total. The first-order chi connectivity index (χ1) is 11.9. The molecule has 1 amide bonds. The third-order valence-corrected chi connectivity index (χ3v) is 6.01. The second kappa shape index (κ2) is 8.57. The molecule has 0 bridgehead atoms. The van der Waals surface area contributed by atoms with E-state index in [2.05, 4.69) is 10.0 Å². The van der Waals surface area contributed by atoms with Crippen LogP contribution < -0.4 is 10.0 Å². The molecule has 1 aromatic carbocycles. The Morgan fingerprint density at radius 3 is 2.64 bits per heavy atom. The molecule has 0 aliphatic carbocycles. The Bertz CT molecular complexity index is 817. The second-order valence-corrected chi connectivity index (χ2v) is 8.03. The number of rotatable bonds is 8. The summed E-state index contributed by atoms with van der Waals surface area (Å²) in [4.78, 5) is 11.6. The lowest BCUT2D eigenvalue weighted by Crippen LogP contribution is -2.29. The van der Waals surface area contributed by atoms with Crippen molar-refractivity contribution in [2.75, 3.05) is 19.0 Å². The molecule has 1 unspecified atom stereocenters. The summed E-state index contributed by atoms with van der Waals surface area (Å²) in [6.07, 6.45) is 0.0196. The minimum atomic E-state index is -3.68. The van der Waals surface area contributed by atoms with Crippen LogP contribution in [0, 0.1) is 6.92 Å². The van der Waals surface area contributed by atoms with Gasteiger partial charge in [-0.3, -0.25) is 4.79 Å². The number of sulfonamides is 1. The zero-order chi connectivity index (χ0) is 18.4. The third-order valence-electron chi connectivity index (χ3n) is 3.73. The summed E-state index contributed by atoms with van der Waals surface area (Å²) in [6.45, 7) is 3.59. The number of hydrogen-bond acceptors (Lipinski definition) is 5. The zero-order valence-corrected chi connectivity index (χ0v) is 16.0. The van der Waals surface area contributed by atoms with Crippen LogP contribution in [0.2, 0.25) is 0 Å². The van der Waals surface area contributed by atoms with Gasteiger partial charge in [-0.1, -0.05) is 6.92 Å². The number of methoxy groups -OCH3 is 1. The first kappa shape index (κ1) is 19.6. The molecule has 0 spiro atoms. The maximum atomic E-state index is 12.6. The fourth-order valence-corrected chi connectivity index (χ4v) is 4.29. The van der Waals surface area contributed by atoms with Crippen molar-refractivity contribution in [3.63, 3.8) is 0 Å². The molecule has 0 saturated heterocycles. The molecule has 25 heavy (non-hydrogen) atoms. The van der Waals surface area contributed by atoms with Crippen molar-refractivity contribution < 1.29 is 17.9 Å². The molecule has 0 fully saturated rings. The Morgan fingerprint density at radius 1 is 1.32 bits per heavy atom. The topological polar surface area (TPSA) is 84.5 Å². The lowest BCUT2D eigenvalue weighted by molar-refractivity contribution is -0.115. The molecule has 1 atom stereocenters. The average molecular weight is 383 g/mol. The standard InChI is InChI=1S/C17H22N2O4S2/c1-4-17(20)19-14-5-6-16(12(2)9-14)25(21,22)18-10-15(23-3)13-7-8-24-11-13/h5-9,11,15,18H,4,10H2,1-3H3,(H,19,20). The smallest absolute Gasteiger partial charge is 0.240 e. The van der Waals surface area contributed by atoms with E-state index >= 15 is 0 Å². The van der Waals surface area contributed by atoms with Crippen molar-refractivity contribution in [3.05, 3.63) is 46.2 Å². The van der Waals surface area contributed by atoms with Gasteiger partial charge in [0.15, 0.2) is 0 Å². The highest BCUT2D eigenvalue weighted by atomic mass is 32.2. The Kier molecular flexibility index (Phi) is 6.71. The number of benzene rings is 1. The van der Waals surface area contributed by atoms with Crippen LogP contribution >= 0.6 is 11.3 Å². The van der Waals surface area contributed by atoms with E-state index in [1.807, 2.05) is 16.8 Å².